The predicted octanol–water partition coefficient (Wildman–Crippen LogP) is 3.06. The standard InChI is InChI=1S/C15H11ClFN3O/c16-11-4-5-14-19-13(9-20(14)8-11)15(21)18-7-10-2-1-3-12(17)6-10/h1-6,8-9H,7H2,(H,18,21). The number of carbonyl (C=O) groups is 1. The van der Waals surface area contributed by atoms with Gasteiger partial charge in [0, 0.05) is 18.9 Å². The van der Waals surface area contributed by atoms with E-state index in [1.54, 1.807) is 41.1 Å². The van der Waals surface area contributed by atoms with E-state index in [0.717, 1.165) is 0 Å². The lowest BCUT2D eigenvalue weighted by Crippen LogP contribution is -2.23. The van der Waals surface area contributed by atoms with Crippen LogP contribution >= 0.6 is 11.6 Å². The van der Waals surface area contributed by atoms with Crippen molar-refractivity contribution in [1.29, 1.82) is 0 Å². The van der Waals surface area contributed by atoms with Gasteiger partial charge in [0.25, 0.3) is 5.91 Å². The Morgan fingerprint density at radius 3 is 2.95 bits per heavy atom. The summed E-state index contributed by atoms with van der Waals surface area (Å²) in [7, 11) is 0. The molecule has 0 bridgehead atoms. The first-order chi connectivity index (χ1) is 10.1. The molecule has 0 atom stereocenters. The predicted molar refractivity (Wildman–Crippen MR) is 77.8 cm³/mol. The van der Waals surface area contributed by atoms with E-state index in [0.29, 0.717) is 16.2 Å². The van der Waals surface area contributed by atoms with Gasteiger partial charge in [0.15, 0.2) is 0 Å². The normalized spacial score (nSPS) is 10.8. The number of halogens is 2. The number of hydrogen-bond acceptors (Lipinski definition) is 2. The lowest BCUT2D eigenvalue weighted by atomic mass is 10.2. The van der Waals surface area contributed by atoms with Crippen molar-refractivity contribution in [2.75, 3.05) is 0 Å². The fraction of sp³-hybridized carbons (Fsp3) is 0.0667. The number of pyridine rings is 1. The minimum Gasteiger partial charge on any atom is -0.347 e. The van der Waals surface area contributed by atoms with Crippen LogP contribution in [-0.2, 0) is 6.54 Å². The molecule has 1 N–H and O–H groups in total. The molecule has 3 aromatic rings. The maximum Gasteiger partial charge on any atom is 0.271 e. The van der Waals surface area contributed by atoms with E-state index in [1.165, 1.54) is 12.1 Å². The molecule has 3 rings (SSSR count). The van der Waals surface area contributed by atoms with Gasteiger partial charge in [0.1, 0.15) is 17.2 Å². The lowest BCUT2D eigenvalue weighted by Gasteiger charge is -2.03. The first-order valence-corrected chi connectivity index (χ1v) is 6.66. The van der Waals surface area contributed by atoms with E-state index >= 15 is 0 Å². The summed E-state index contributed by atoms with van der Waals surface area (Å²) in [5.74, 6) is -0.650. The molecule has 2 heterocycles. The van der Waals surface area contributed by atoms with Gasteiger partial charge in [0.05, 0.1) is 5.02 Å². The van der Waals surface area contributed by atoms with Crippen LogP contribution in [0.2, 0.25) is 5.02 Å². The molecule has 1 amide bonds. The second-order valence-corrected chi connectivity index (χ2v) is 4.99. The van der Waals surface area contributed by atoms with E-state index < -0.39 is 0 Å². The van der Waals surface area contributed by atoms with Gasteiger partial charge >= 0.3 is 0 Å². The Morgan fingerprint density at radius 1 is 1.29 bits per heavy atom. The van der Waals surface area contributed by atoms with Crippen molar-refractivity contribution in [2.45, 2.75) is 6.54 Å². The monoisotopic (exact) mass is 303 g/mol. The van der Waals surface area contributed by atoms with Crippen LogP contribution in [0.15, 0.2) is 48.8 Å². The first kappa shape index (κ1) is 13.6. The highest BCUT2D eigenvalue weighted by Crippen LogP contribution is 2.12. The van der Waals surface area contributed by atoms with E-state index in [9.17, 15) is 9.18 Å². The SMILES string of the molecule is O=C(NCc1cccc(F)c1)c1cn2cc(Cl)ccc2n1. The summed E-state index contributed by atoms with van der Waals surface area (Å²) in [5.41, 5.74) is 1.61. The Hall–Kier alpha value is -2.40. The Bertz CT molecular complexity index is 816. The van der Waals surface area contributed by atoms with Crippen molar-refractivity contribution in [3.63, 3.8) is 0 Å². The number of rotatable bonds is 3. The molecule has 0 radical (unpaired) electrons. The highest BCUT2D eigenvalue weighted by Gasteiger charge is 2.10. The van der Waals surface area contributed by atoms with Gasteiger partial charge < -0.3 is 9.72 Å². The third-order valence-corrected chi connectivity index (χ3v) is 3.21. The van der Waals surface area contributed by atoms with Crippen LogP contribution in [0.25, 0.3) is 5.65 Å². The van der Waals surface area contributed by atoms with Crippen molar-refractivity contribution in [2.24, 2.45) is 0 Å². The molecule has 2 aromatic heterocycles. The Kier molecular flexibility index (Phi) is 3.58. The van der Waals surface area contributed by atoms with Crippen molar-refractivity contribution < 1.29 is 9.18 Å². The zero-order valence-electron chi connectivity index (χ0n) is 10.9. The van der Waals surface area contributed by atoms with Gasteiger partial charge in [-0.15, -0.1) is 0 Å². The minimum atomic E-state index is -0.330. The largest absolute Gasteiger partial charge is 0.347 e. The number of hydrogen-bond donors (Lipinski definition) is 1. The molecule has 0 aliphatic heterocycles. The number of aromatic nitrogens is 2. The first-order valence-electron chi connectivity index (χ1n) is 6.29. The van der Waals surface area contributed by atoms with Crippen LogP contribution in [0.4, 0.5) is 4.39 Å². The molecule has 21 heavy (non-hydrogen) atoms. The molecular formula is C15H11ClFN3O. The van der Waals surface area contributed by atoms with Crippen LogP contribution in [0.5, 0.6) is 0 Å². The van der Waals surface area contributed by atoms with Gasteiger partial charge in [-0.1, -0.05) is 23.7 Å². The van der Waals surface area contributed by atoms with Crippen molar-refractivity contribution >= 4 is 23.2 Å². The molecule has 0 aliphatic carbocycles. The molecule has 0 unspecified atom stereocenters. The van der Waals surface area contributed by atoms with Crippen LogP contribution in [0.1, 0.15) is 16.1 Å². The highest BCUT2D eigenvalue weighted by molar-refractivity contribution is 6.30. The average molecular weight is 304 g/mol. The van der Waals surface area contributed by atoms with Gasteiger partial charge in [-0.2, -0.15) is 0 Å². The molecule has 0 saturated carbocycles. The van der Waals surface area contributed by atoms with Crippen LogP contribution in [-0.4, -0.2) is 15.3 Å². The number of imidazole rings is 1. The van der Waals surface area contributed by atoms with Gasteiger partial charge in [-0.05, 0) is 29.8 Å². The van der Waals surface area contributed by atoms with Crippen LogP contribution < -0.4 is 5.32 Å². The zero-order chi connectivity index (χ0) is 14.8. The van der Waals surface area contributed by atoms with Gasteiger partial charge in [0.2, 0.25) is 0 Å². The Balaban J connectivity index is 1.74. The van der Waals surface area contributed by atoms with E-state index in [1.807, 2.05) is 0 Å². The summed E-state index contributed by atoms with van der Waals surface area (Å²) >= 11 is 5.88. The molecular weight excluding hydrogens is 293 g/mol. The van der Waals surface area contributed by atoms with E-state index in [4.69, 9.17) is 11.6 Å². The van der Waals surface area contributed by atoms with Crippen molar-refractivity contribution in [3.05, 3.63) is 70.9 Å². The zero-order valence-corrected chi connectivity index (χ0v) is 11.6. The molecule has 106 valence electrons. The van der Waals surface area contributed by atoms with Crippen molar-refractivity contribution in [1.82, 2.24) is 14.7 Å². The number of benzene rings is 1. The number of carbonyl (C=O) groups excluding carboxylic acids is 1. The molecule has 0 fully saturated rings. The summed E-state index contributed by atoms with van der Waals surface area (Å²) in [6, 6.07) is 9.52. The average Bonchev–Trinajstić information content (AvgIpc) is 2.88. The molecule has 6 heteroatoms. The van der Waals surface area contributed by atoms with Gasteiger partial charge in [-0.3, -0.25) is 4.79 Å². The van der Waals surface area contributed by atoms with E-state index in [2.05, 4.69) is 10.3 Å². The summed E-state index contributed by atoms with van der Waals surface area (Å²) < 4.78 is 14.7. The molecule has 0 spiro atoms. The fourth-order valence-corrected chi connectivity index (χ4v) is 2.16. The van der Waals surface area contributed by atoms with Crippen molar-refractivity contribution in [3.8, 4) is 0 Å². The summed E-state index contributed by atoms with van der Waals surface area (Å²) in [6.07, 6.45) is 3.27. The highest BCUT2D eigenvalue weighted by atomic mass is 35.5. The second kappa shape index (κ2) is 5.54. The summed E-state index contributed by atoms with van der Waals surface area (Å²) in [5, 5.41) is 3.27. The fourth-order valence-electron chi connectivity index (χ4n) is 1.99. The number of nitrogens with zero attached hydrogens (tertiary/aromatic N) is 2. The number of nitrogens with one attached hydrogen (secondary N) is 1. The third-order valence-electron chi connectivity index (χ3n) is 2.99. The summed E-state index contributed by atoms with van der Waals surface area (Å²) in [6.45, 7) is 0.241. The van der Waals surface area contributed by atoms with E-state index in [-0.39, 0.29) is 24.0 Å². The maximum atomic E-state index is 13.1. The summed E-state index contributed by atoms with van der Waals surface area (Å²) in [4.78, 5) is 16.2. The molecule has 4 nitrogen and oxygen atoms in total. The molecule has 0 saturated heterocycles. The minimum absolute atomic E-state index is 0.241. The van der Waals surface area contributed by atoms with Crippen LogP contribution in [0, 0.1) is 5.82 Å². The third kappa shape index (κ3) is 3.03. The quantitative estimate of drug-likeness (QED) is 0.808. The lowest BCUT2D eigenvalue weighted by molar-refractivity contribution is 0.0946. The molecule has 0 aliphatic rings. The smallest absolute Gasteiger partial charge is 0.271 e. The topological polar surface area (TPSA) is 46.4 Å². The Labute approximate surface area is 125 Å². The van der Waals surface area contributed by atoms with Gasteiger partial charge in [-0.25, -0.2) is 9.37 Å². The number of fused-ring (bicyclic) bond motifs is 1. The second-order valence-electron chi connectivity index (χ2n) is 4.55. The maximum absolute atomic E-state index is 13.1. The Morgan fingerprint density at radius 2 is 2.14 bits per heavy atom. The number of amides is 1. The molecule has 1 aromatic carbocycles. The van der Waals surface area contributed by atoms with Crippen LogP contribution in [0.3, 0.4) is 0 Å².